The van der Waals surface area contributed by atoms with Gasteiger partial charge in [-0.15, -0.1) is 0 Å². The number of nitrogens with zero attached hydrogens (tertiary/aromatic N) is 1. The van der Waals surface area contributed by atoms with Crippen molar-refractivity contribution in [3.05, 3.63) is 59.2 Å². The summed E-state index contributed by atoms with van der Waals surface area (Å²) in [5, 5.41) is 0. The van der Waals surface area contributed by atoms with Gasteiger partial charge < -0.3 is 5.73 Å². The number of pyridine rings is 1. The molecule has 92 valence electrons. The molecule has 0 saturated carbocycles. The van der Waals surface area contributed by atoms with E-state index >= 15 is 0 Å². The van der Waals surface area contributed by atoms with E-state index in [4.69, 9.17) is 5.73 Å². The monoisotopic (exact) mass is 242 g/mol. The van der Waals surface area contributed by atoms with Gasteiger partial charge in [-0.05, 0) is 48.6 Å². The van der Waals surface area contributed by atoms with E-state index in [9.17, 15) is 4.39 Å². The number of aryl methyl sites for hydroxylation is 1. The number of aromatic nitrogens is 1. The first-order valence-electron chi connectivity index (χ1n) is 6.24. The molecule has 1 aliphatic carbocycles. The van der Waals surface area contributed by atoms with E-state index in [-0.39, 0.29) is 17.4 Å². The quantitative estimate of drug-likeness (QED) is 0.779. The van der Waals surface area contributed by atoms with Crippen LogP contribution in [0.4, 0.5) is 10.1 Å². The molecule has 3 heteroatoms. The predicted octanol–water partition coefficient (Wildman–Crippen LogP) is 3.27. The Morgan fingerprint density at radius 3 is 3.00 bits per heavy atom. The summed E-state index contributed by atoms with van der Waals surface area (Å²) >= 11 is 0. The van der Waals surface area contributed by atoms with Gasteiger partial charge in [-0.3, -0.25) is 4.98 Å². The van der Waals surface area contributed by atoms with Crippen LogP contribution in [0.5, 0.6) is 0 Å². The highest BCUT2D eigenvalue weighted by Gasteiger charge is 2.23. The lowest BCUT2D eigenvalue weighted by molar-refractivity contribution is 0.588. The fraction of sp³-hybridized carbons (Fsp3) is 0.267. The van der Waals surface area contributed by atoms with Gasteiger partial charge in [-0.1, -0.05) is 12.1 Å². The number of fused-ring (bicyclic) bond motifs is 1. The summed E-state index contributed by atoms with van der Waals surface area (Å²) < 4.78 is 13.6. The maximum absolute atomic E-state index is 13.6. The predicted molar refractivity (Wildman–Crippen MR) is 69.8 cm³/mol. The summed E-state index contributed by atoms with van der Waals surface area (Å²) in [6, 6.07) is 9.17. The molecule has 0 bridgehead atoms. The molecule has 0 fully saturated rings. The molecule has 0 aliphatic heterocycles. The lowest BCUT2D eigenvalue weighted by atomic mass is 9.82. The second-order valence-corrected chi connectivity index (χ2v) is 4.77. The van der Waals surface area contributed by atoms with Gasteiger partial charge in [-0.2, -0.15) is 0 Å². The molecule has 2 nitrogen and oxygen atoms in total. The van der Waals surface area contributed by atoms with Crippen molar-refractivity contribution in [1.29, 1.82) is 0 Å². The van der Waals surface area contributed by atoms with Crippen molar-refractivity contribution < 1.29 is 4.39 Å². The minimum atomic E-state index is -0.337. The third kappa shape index (κ3) is 1.86. The summed E-state index contributed by atoms with van der Waals surface area (Å²) in [6.45, 7) is 0. The van der Waals surface area contributed by atoms with Gasteiger partial charge in [-0.25, -0.2) is 4.39 Å². The van der Waals surface area contributed by atoms with E-state index in [1.165, 1.54) is 5.56 Å². The number of rotatable bonds is 1. The Balaban J connectivity index is 2.05. The number of nitrogen functional groups attached to an aromatic ring is 1. The van der Waals surface area contributed by atoms with Gasteiger partial charge in [0.15, 0.2) is 0 Å². The highest BCUT2D eigenvalue weighted by atomic mass is 19.1. The van der Waals surface area contributed by atoms with Crippen LogP contribution in [-0.4, -0.2) is 4.98 Å². The van der Waals surface area contributed by atoms with E-state index < -0.39 is 0 Å². The fourth-order valence-electron chi connectivity index (χ4n) is 2.69. The van der Waals surface area contributed by atoms with E-state index in [2.05, 4.69) is 11.1 Å². The molecule has 1 atom stereocenters. The molecular weight excluding hydrogens is 227 g/mol. The number of halogens is 1. The van der Waals surface area contributed by atoms with Crippen LogP contribution in [0, 0.1) is 5.82 Å². The van der Waals surface area contributed by atoms with Gasteiger partial charge in [0.25, 0.3) is 0 Å². The molecule has 0 saturated heterocycles. The largest absolute Gasteiger partial charge is 0.396 e. The molecule has 2 aromatic rings. The fourth-order valence-corrected chi connectivity index (χ4v) is 2.69. The zero-order valence-electron chi connectivity index (χ0n) is 10.1. The van der Waals surface area contributed by atoms with Crippen molar-refractivity contribution >= 4 is 5.69 Å². The third-order valence-electron chi connectivity index (χ3n) is 3.62. The van der Waals surface area contributed by atoms with Gasteiger partial charge >= 0.3 is 0 Å². The van der Waals surface area contributed by atoms with Gasteiger partial charge in [0.2, 0.25) is 0 Å². The van der Waals surface area contributed by atoms with E-state index in [1.54, 1.807) is 12.1 Å². The number of nitrogens with two attached hydrogens (primary N) is 1. The Bertz CT molecular complexity index is 580. The average molecular weight is 242 g/mol. The smallest absolute Gasteiger partial charge is 0.146 e. The average Bonchev–Trinajstić information content (AvgIpc) is 2.41. The highest BCUT2D eigenvalue weighted by molar-refractivity contribution is 5.44. The van der Waals surface area contributed by atoms with Gasteiger partial charge in [0, 0.05) is 12.1 Å². The molecule has 1 heterocycles. The van der Waals surface area contributed by atoms with Gasteiger partial charge in [0.1, 0.15) is 5.82 Å². The van der Waals surface area contributed by atoms with Crippen LogP contribution >= 0.6 is 0 Å². The lowest BCUT2D eigenvalue weighted by Crippen LogP contribution is -2.13. The number of hydrogen-bond acceptors (Lipinski definition) is 2. The zero-order valence-corrected chi connectivity index (χ0v) is 10.1. The maximum atomic E-state index is 13.6. The van der Waals surface area contributed by atoms with Crippen molar-refractivity contribution in [1.82, 2.24) is 4.98 Å². The van der Waals surface area contributed by atoms with Crippen molar-refractivity contribution in [2.75, 3.05) is 5.73 Å². The molecule has 3 rings (SSSR count). The second kappa shape index (κ2) is 4.41. The second-order valence-electron chi connectivity index (χ2n) is 4.77. The summed E-state index contributed by atoms with van der Waals surface area (Å²) in [5.74, 6) is -0.138. The Labute approximate surface area is 106 Å². The standard InChI is InChI=1S/C15H15FN2/c16-13-9-11(6-7-14(13)17)12-5-1-3-10-4-2-8-18-15(10)12/h2,4,6-9,12H,1,3,5,17H2. The van der Waals surface area contributed by atoms with E-state index in [0.29, 0.717) is 0 Å². The van der Waals surface area contributed by atoms with Crippen molar-refractivity contribution in [3.63, 3.8) is 0 Å². The number of anilines is 1. The Morgan fingerprint density at radius 1 is 1.28 bits per heavy atom. The zero-order chi connectivity index (χ0) is 12.5. The summed E-state index contributed by atoms with van der Waals surface area (Å²) in [4.78, 5) is 4.48. The van der Waals surface area contributed by atoms with Crippen molar-refractivity contribution in [2.45, 2.75) is 25.2 Å². The molecular formula is C15H15FN2. The first-order valence-corrected chi connectivity index (χ1v) is 6.24. The summed E-state index contributed by atoms with van der Waals surface area (Å²) in [5.41, 5.74) is 9.07. The van der Waals surface area contributed by atoms with Crippen LogP contribution in [0.25, 0.3) is 0 Å². The molecule has 1 aromatic heterocycles. The Morgan fingerprint density at radius 2 is 2.17 bits per heavy atom. The van der Waals surface area contributed by atoms with Crippen LogP contribution in [0.3, 0.4) is 0 Å². The summed E-state index contributed by atoms with van der Waals surface area (Å²) in [7, 11) is 0. The first-order chi connectivity index (χ1) is 8.75. The van der Waals surface area contributed by atoms with Crippen LogP contribution in [-0.2, 0) is 6.42 Å². The molecule has 0 amide bonds. The Hall–Kier alpha value is -1.90. The topological polar surface area (TPSA) is 38.9 Å². The normalized spacial score (nSPS) is 18.4. The van der Waals surface area contributed by atoms with Gasteiger partial charge in [0.05, 0.1) is 11.4 Å². The molecule has 1 unspecified atom stereocenters. The minimum absolute atomic E-state index is 0.199. The number of benzene rings is 1. The third-order valence-corrected chi connectivity index (χ3v) is 3.62. The van der Waals surface area contributed by atoms with E-state index in [0.717, 1.165) is 30.5 Å². The van der Waals surface area contributed by atoms with Crippen molar-refractivity contribution in [3.8, 4) is 0 Å². The molecule has 18 heavy (non-hydrogen) atoms. The van der Waals surface area contributed by atoms with E-state index in [1.807, 2.05) is 18.3 Å². The minimum Gasteiger partial charge on any atom is -0.396 e. The Kier molecular flexibility index (Phi) is 2.74. The summed E-state index contributed by atoms with van der Waals surface area (Å²) in [6.07, 6.45) is 5.02. The van der Waals surface area contributed by atoms with Crippen LogP contribution in [0.1, 0.15) is 35.6 Å². The van der Waals surface area contributed by atoms with Crippen molar-refractivity contribution in [2.24, 2.45) is 0 Å². The molecule has 1 aliphatic rings. The lowest BCUT2D eigenvalue weighted by Gasteiger charge is -2.24. The van der Waals surface area contributed by atoms with Crippen LogP contribution < -0.4 is 5.73 Å². The van der Waals surface area contributed by atoms with Crippen LogP contribution in [0.15, 0.2) is 36.5 Å². The number of hydrogen-bond donors (Lipinski definition) is 1. The highest BCUT2D eigenvalue weighted by Crippen LogP contribution is 2.35. The molecule has 0 spiro atoms. The van der Waals surface area contributed by atoms with Crippen LogP contribution in [0.2, 0.25) is 0 Å². The molecule has 2 N–H and O–H groups in total. The molecule has 0 radical (unpaired) electrons. The SMILES string of the molecule is Nc1ccc(C2CCCc3cccnc32)cc1F. The first kappa shape index (κ1) is 11.2. The molecule has 1 aromatic carbocycles. The maximum Gasteiger partial charge on any atom is 0.146 e.